The molecule has 0 aliphatic carbocycles. The summed E-state index contributed by atoms with van der Waals surface area (Å²) in [5, 5.41) is 3.92. The summed E-state index contributed by atoms with van der Waals surface area (Å²) in [4.78, 5) is 22.3. The summed E-state index contributed by atoms with van der Waals surface area (Å²) in [6.07, 6.45) is 0.658. The number of para-hydroxylation sites is 1. The largest absolute Gasteiger partial charge is 0.493 e. The van der Waals surface area contributed by atoms with Crippen LogP contribution in [0.4, 0.5) is 10.5 Å². The maximum atomic E-state index is 12.3. The second-order valence-electron chi connectivity index (χ2n) is 10.4. The number of hydrogen-bond donors (Lipinski definition) is 1. The number of anilines is 1. The van der Waals surface area contributed by atoms with Crippen LogP contribution in [0.15, 0.2) is 48.5 Å². The lowest BCUT2D eigenvalue weighted by molar-refractivity contribution is 0.0636. The molecule has 0 atom stereocenters. The van der Waals surface area contributed by atoms with Crippen molar-refractivity contribution in [3.8, 4) is 16.9 Å². The predicted octanol–water partition coefficient (Wildman–Crippen LogP) is 5.79. The Balaban J connectivity index is 1.71. The van der Waals surface area contributed by atoms with Crippen molar-refractivity contribution in [1.29, 1.82) is 0 Å². The molecule has 7 nitrogen and oxygen atoms in total. The fraction of sp³-hybridized carbons (Fsp3) is 0.448. The summed E-state index contributed by atoms with van der Waals surface area (Å²) >= 11 is 0. The summed E-state index contributed by atoms with van der Waals surface area (Å²) in [5.74, 6) is 0.708. The third-order valence-corrected chi connectivity index (χ3v) is 6.21. The Kier molecular flexibility index (Phi) is 8.11. The molecule has 7 heteroatoms. The summed E-state index contributed by atoms with van der Waals surface area (Å²) in [5.41, 5.74) is 4.10. The van der Waals surface area contributed by atoms with E-state index in [-0.39, 0.29) is 0 Å². The van der Waals surface area contributed by atoms with Crippen molar-refractivity contribution in [3.63, 3.8) is 0 Å². The number of nitrogens with one attached hydrogen (secondary N) is 1. The number of ether oxygens (including phenoxy) is 2. The molecule has 3 aromatic rings. The number of likely N-dealkylation sites (N-methyl/N-ethyl adjacent to an activating group) is 1. The minimum atomic E-state index is -0.569. The first kappa shape index (κ1) is 25.9. The number of pyridine rings is 1. The number of hydrogen-bond acceptors (Lipinski definition) is 6. The lowest BCUT2D eigenvalue weighted by atomic mass is 9.99. The smallest absolute Gasteiger partial charge is 0.412 e. The molecule has 0 bridgehead atoms. The van der Waals surface area contributed by atoms with Crippen LogP contribution in [0.2, 0.25) is 0 Å². The Hall–Kier alpha value is -3.16. The zero-order valence-corrected chi connectivity index (χ0v) is 22.1. The minimum absolute atomic E-state index is 0.489. The molecular formula is C29H38N4O3. The molecule has 1 amide bonds. The maximum absolute atomic E-state index is 12.3. The average Bonchev–Trinajstić information content (AvgIpc) is 3.02. The van der Waals surface area contributed by atoms with Crippen molar-refractivity contribution in [2.75, 3.05) is 45.2 Å². The van der Waals surface area contributed by atoms with Crippen LogP contribution in [0.5, 0.6) is 5.75 Å². The summed E-state index contributed by atoms with van der Waals surface area (Å²) in [6.45, 7) is 13.0. The second-order valence-corrected chi connectivity index (χ2v) is 10.4. The van der Waals surface area contributed by atoms with Gasteiger partial charge in [0.2, 0.25) is 0 Å². The van der Waals surface area contributed by atoms with Crippen LogP contribution in [0.25, 0.3) is 22.0 Å². The zero-order valence-electron chi connectivity index (χ0n) is 22.1. The van der Waals surface area contributed by atoms with Gasteiger partial charge in [-0.2, -0.15) is 0 Å². The van der Waals surface area contributed by atoms with Gasteiger partial charge < -0.3 is 14.4 Å². The van der Waals surface area contributed by atoms with Gasteiger partial charge in [-0.15, -0.1) is 0 Å². The summed E-state index contributed by atoms with van der Waals surface area (Å²) < 4.78 is 11.5. The standard InChI is InChI=1S/C29H38N4O3/c1-6-35-27-19-22(30-28(34)36-29(2,3)4)12-13-23(27)24-18-21-10-7-8-11-25(21)31-26(24)20-33-15-9-14-32(5)16-17-33/h7-8,10-13,18-19H,6,9,14-17,20H2,1-5H3,(H,30,34). The molecule has 2 aromatic carbocycles. The quantitative estimate of drug-likeness (QED) is 0.472. The van der Waals surface area contributed by atoms with Gasteiger partial charge in [0.15, 0.2) is 0 Å². The average molecular weight is 491 g/mol. The lowest BCUT2D eigenvalue weighted by Crippen LogP contribution is -2.29. The molecule has 4 rings (SSSR count). The molecule has 2 heterocycles. The van der Waals surface area contributed by atoms with Gasteiger partial charge in [-0.3, -0.25) is 15.2 Å². The number of fused-ring (bicyclic) bond motifs is 1. The highest BCUT2D eigenvalue weighted by molar-refractivity contribution is 5.89. The molecule has 1 aliphatic heterocycles. The van der Waals surface area contributed by atoms with E-state index in [1.807, 2.05) is 58.0 Å². The van der Waals surface area contributed by atoms with E-state index in [9.17, 15) is 4.79 Å². The lowest BCUT2D eigenvalue weighted by Gasteiger charge is -2.23. The Morgan fingerprint density at radius 1 is 1.03 bits per heavy atom. The molecule has 1 saturated heterocycles. The van der Waals surface area contributed by atoms with E-state index in [4.69, 9.17) is 14.5 Å². The number of benzene rings is 2. The Bertz CT molecular complexity index is 1200. The van der Waals surface area contributed by atoms with E-state index in [0.29, 0.717) is 18.0 Å². The Morgan fingerprint density at radius 3 is 2.61 bits per heavy atom. The molecule has 36 heavy (non-hydrogen) atoms. The second kappa shape index (κ2) is 11.3. The third kappa shape index (κ3) is 6.74. The van der Waals surface area contributed by atoms with Gasteiger partial charge in [0, 0.05) is 47.9 Å². The predicted molar refractivity (Wildman–Crippen MR) is 146 cm³/mol. The van der Waals surface area contributed by atoms with Gasteiger partial charge >= 0.3 is 6.09 Å². The van der Waals surface area contributed by atoms with Crippen molar-refractivity contribution in [2.45, 2.75) is 46.3 Å². The topological polar surface area (TPSA) is 66.9 Å². The van der Waals surface area contributed by atoms with Gasteiger partial charge in [0.05, 0.1) is 17.8 Å². The first-order valence-electron chi connectivity index (χ1n) is 12.8. The summed E-state index contributed by atoms with van der Waals surface area (Å²) in [7, 11) is 2.18. The minimum Gasteiger partial charge on any atom is -0.493 e. The molecular weight excluding hydrogens is 452 g/mol. The zero-order chi connectivity index (χ0) is 25.7. The highest BCUT2D eigenvalue weighted by Crippen LogP contribution is 2.36. The number of carbonyl (C=O) groups excluding carboxylic acids is 1. The normalized spacial score (nSPS) is 15.5. The summed E-state index contributed by atoms with van der Waals surface area (Å²) in [6, 6.07) is 16.2. The molecule has 0 radical (unpaired) electrons. The molecule has 0 saturated carbocycles. The van der Waals surface area contributed by atoms with Crippen molar-refractivity contribution < 1.29 is 14.3 Å². The van der Waals surface area contributed by atoms with Crippen molar-refractivity contribution >= 4 is 22.7 Å². The molecule has 0 unspecified atom stereocenters. The van der Waals surface area contributed by atoms with E-state index in [2.05, 4.69) is 40.4 Å². The number of carbonyl (C=O) groups is 1. The van der Waals surface area contributed by atoms with Gasteiger partial charge in [-0.25, -0.2) is 4.79 Å². The fourth-order valence-electron chi connectivity index (χ4n) is 4.50. The van der Waals surface area contributed by atoms with Crippen molar-refractivity contribution in [1.82, 2.24) is 14.8 Å². The van der Waals surface area contributed by atoms with Crippen LogP contribution in [0, 0.1) is 0 Å². The van der Waals surface area contributed by atoms with Crippen LogP contribution < -0.4 is 10.1 Å². The van der Waals surface area contributed by atoms with Gasteiger partial charge in [0.25, 0.3) is 0 Å². The highest BCUT2D eigenvalue weighted by atomic mass is 16.6. The number of aromatic nitrogens is 1. The molecule has 1 N–H and O–H groups in total. The van der Waals surface area contributed by atoms with Gasteiger partial charge in [-0.1, -0.05) is 18.2 Å². The number of nitrogens with zero attached hydrogens (tertiary/aromatic N) is 3. The number of rotatable bonds is 6. The molecule has 192 valence electrons. The number of amides is 1. The van der Waals surface area contributed by atoms with Crippen LogP contribution in [-0.2, 0) is 11.3 Å². The van der Waals surface area contributed by atoms with Crippen LogP contribution >= 0.6 is 0 Å². The van der Waals surface area contributed by atoms with Crippen LogP contribution in [0.3, 0.4) is 0 Å². The first-order valence-corrected chi connectivity index (χ1v) is 12.8. The molecule has 0 spiro atoms. The molecule has 1 aromatic heterocycles. The van der Waals surface area contributed by atoms with Crippen molar-refractivity contribution in [2.24, 2.45) is 0 Å². The van der Waals surface area contributed by atoms with Crippen LogP contribution in [0.1, 0.15) is 39.8 Å². The highest BCUT2D eigenvalue weighted by Gasteiger charge is 2.20. The molecule has 1 fully saturated rings. The SMILES string of the molecule is CCOc1cc(NC(=O)OC(C)(C)C)ccc1-c1cc2ccccc2nc1CN1CCCN(C)CC1. The first-order chi connectivity index (χ1) is 17.2. The van der Waals surface area contributed by atoms with E-state index < -0.39 is 11.7 Å². The van der Waals surface area contributed by atoms with E-state index >= 15 is 0 Å². The maximum Gasteiger partial charge on any atom is 0.412 e. The van der Waals surface area contributed by atoms with E-state index in [0.717, 1.165) is 66.9 Å². The fourth-order valence-corrected chi connectivity index (χ4v) is 4.50. The van der Waals surface area contributed by atoms with E-state index in [1.165, 1.54) is 0 Å². The van der Waals surface area contributed by atoms with Gasteiger partial charge in [-0.05, 0) is 78.5 Å². The van der Waals surface area contributed by atoms with Gasteiger partial charge in [0.1, 0.15) is 11.4 Å². The van der Waals surface area contributed by atoms with Crippen molar-refractivity contribution in [3.05, 3.63) is 54.2 Å². The molecule has 1 aliphatic rings. The van der Waals surface area contributed by atoms with Crippen LogP contribution in [-0.4, -0.2) is 66.3 Å². The third-order valence-electron chi connectivity index (χ3n) is 6.21. The monoisotopic (exact) mass is 490 g/mol. The Morgan fingerprint density at radius 2 is 1.83 bits per heavy atom. The van der Waals surface area contributed by atoms with E-state index in [1.54, 1.807) is 0 Å². The Labute approximate surface area is 214 Å².